The van der Waals surface area contributed by atoms with Gasteiger partial charge in [-0.1, -0.05) is 85.2 Å². The third-order valence-electron chi connectivity index (χ3n) is 9.79. The Morgan fingerprint density at radius 1 is 0.907 bits per heavy atom. The second kappa shape index (κ2) is 15.0. The monoisotopic (exact) mass is 597 g/mol. The molecule has 0 bridgehead atoms. The fourth-order valence-corrected chi connectivity index (χ4v) is 6.93. The minimum atomic E-state index is -0.708. The predicted molar refractivity (Wildman–Crippen MR) is 175 cm³/mol. The second-order valence-electron chi connectivity index (χ2n) is 14.8. The molecule has 2 unspecified atom stereocenters. The molecule has 3 amide bonds. The Hall–Kier alpha value is -2.45. The lowest BCUT2D eigenvalue weighted by Crippen LogP contribution is -2.63. The van der Waals surface area contributed by atoms with Crippen LogP contribution in [0, 0.1) is 11.3 Å². The number of carbonyl (C=O) groups excluding carboxylic acids is 3. The molecule has 2 aliphatic heterocycles. The lowest BCUT2D eigenvalue weighted by molar-refractivity contribution is -0.143. The van der Waals surface area contributed by atoms with Crippen LogP contribution >= 0.6 is 0 Å². The summed E-state index contributed by atoms with van der Waals surface area (Å²) < 4.78 is 0. The molecule has 2 saturated heterocycles. The van der Waals surface area contributed by atoms with Crippen molar-refractivity contribution in [2.75, 3.05) is 40.3 Å². The number of nitrogens with zero attached hydrogens (tertiary/aromatic N) is 3. The first-order valence-electron chi connectivity index (χ1n) is 16.5. The quantitative estimate of drug-likeness (QED) is 0.394. The van der Waals surface area contributed by atoms with Gasteiger partial charge < -0.3 is 20.4 Å². The lowest BCUT2D eigenvalue weighted by atomic mass is 9.76. The number of likely N-dealkylation sites (tertiary alicyclic amines) is 2. The Morgan fingerprint density at radius 3 is 2.07 bits per heavy atom. The zero-order valence-corrected chi connectivity index (χ0v) is 28.4. The molecule has 2 heterocycles. The SMILES string of the molecule is CN[C@H](C(=O)NC(C(=O)N(C)C(CN1CCCC[C@H]1C(=O)N1CCCCC1)C(C)C)C(C)(C)C)C(C)(C)c1ccccc1. The van der Waals surface area contributed by atoms with Crippen LogP contribution in [0.3, 0.4) is 0 Å². The van der Waals surface area contributed by atoms with Crippen molar-refractivity contribution in [2.45, 2.75) is 117 Å². The van der Waals surface area contributed by atoms with Crippen molar-refractivity contribution in [3.8, 4) is 0 Å². The molecule has 2 aliphatic rings. The molecule has 0 radical (unpaired) electrons. The summed E-state index contributed by atoms with van der Waals surface area (Å²) in [5.74, 6) is 0.153. The van der Waals surface area contributed by atoms with Gasteiger partial charge in [-0.3, -0.25) is 19.3 Å². The van der Waals surface area contributed by atoms with Crippen molar-refractivity contribution in [1.82, 2.24) is 25.3 Å². The smallest absolute Gasteiger partial charge is 0.245 e. The molecule has 3 rings (SSSR count). The molecule has 0 saturated carbocycles. The third-order valence-corrected chi connectivity index (χ3v) is 9.79. The first-order valence-corrected chi connectivity index (χ1v) is 16.5. The standard InChI is InChI=1S/C35H59N5O3/c1-25(2)28(24-40-23-17-14-20-27(40)32(42)39-21-15-11-16-22-39)38(9)33(43)30(34(3,4)5)37-31(41)29(36-8)35(6,7)26-18-12-10-13-19-26/h10,12-13,18-19,25,27-30,36H,11,14-17,20-24H2,1-9H3,(H,37,41)/t27-,28?,29+,30?/m0/s1. The summed E-state index contributed by atoms with van der Waals surface area (Å²) in [6.45, 7) is 17.6. The summed E-state index contributed by atoms with van der Waals surface area (Å²) >= 11 is 0. The number of nitrogens with one attached hydrogen (secondary N) is 2. The summed E-state index contributed by atoms with van der Waals surface area (Å²) in [4.78, 5) is 48.0. The molecule has 0 spiro atoms. The topological polar surface area (TPSA) is 85.0 Å². The van der Waals surface area contributed by atoms with Crippen LogP contribution in [0.5, 0.6) is 0 Å². The van der Waals surface area contributed by atoms with Crippen LogP contribution in [0.1, 0.15) is 92.6 Å². The van der Waals surface area contributed by atoms with Crippen LogP contribution < -0.4 is 10.6 Å². The van der Waals surface area contributed by atoms with Gasteiger partial charge in [0.15, 0.2) is 0 Å². The van der Waals surface area contributed by atoms with Gasteiger partial charge in [0.2, 0.25) is 17.7 Å². The average Bonchev–Trinajstić information content (AvgIpc) is 2.98. The van der Waals surface area contributed by atoms with Gasteiger partial charge in [-0.25, -0.2) is 0 Å². The minimum absolute atomic E-state index is 0.0927. The molecule has 242 valence electrons. The van der Waals surface area contributed by atoms with E-state index in [0.717, 1.165) is 57.3 Å². The molecule has 4 atom stereocenters. The lowest BCUT2D eigenvalue weighted by Gasteiger charge is -2.44. The van der Waals surface area contributed by atoms with E-state index in [2.05, 4.69) is 48.1 Å². The Balaban J connectivity index is 1.80. The maximum absolute atomic E-state index is 14.3. The highest BCUT2D eigenvalue weighted by Crippen LogP contribution is 2.29. The zero-order valence-electron chi connectivity index (χ0n) is 28.4. The molecule has 0 aromatic heterocycles. The van der Waals surface area contributed by atoms with Gasteiger partial charge in [-0.05, 0) is 62.6 Å². The van der Waals surface area contributed by atoms with Gasteiger partial charge in [0.05, 0.1) is 12.1 Å². The normalized spacial score (nSPS) is 20.8. The van der Waals surface area contributed by atoms with Crippen molar-refractivity contribution in [3.63, 3.8) is 0 Å². The number of hydrogen-bond donors (Lipinski definition) is 2. The second-order valence-corrected chi connectivity index (χ2v) is 14.8. The maximum atomic E-state index is 14.3. The molecule has 2 fully saturated rings. The highest BCUT2D eigenvalue weighted by molar-refractivity contribution is 5.91. The average molecular weight is 598 g/mol. The van der Waals surface area contributed by atoms with E-state index in [4.69, 9.17) is 0 Å². The Morgan fingerprint density at radius 2 is 1.51 bits per heavy atom. The van der Waals surface area contributed by atoms with E-state index in [1.165, 1.54) is 6.42 Å². The summed E-state index contributed by atoms with van der Waals surface area (Å²) in [5, 5.41) is 6.39. The molecule has 8 heteroatoms. The predicted octanol–water partition coefficient (Wildman–Crippen LogP) is 4.43. The summed E-state index contributed by atoms with van der Waals surface area (Å²) in [6, 6.07) is 8.56. The van der Waals surface area contributed by atoms with Crippen LogP contribution in [0.15, 0.2) is 30.3 Å². The number of likely N-dealkylation sites (N-methyl/N-ethyl adjacent to an activating group) is 2. The Kier molecular flexibility index (Phi) is 12.2. The molecule has 0 aliphatic carbocycles. The summed E-state index contributed by atoms with van der Waals surface area (Å²) in [5.41, 5.74) is 0.0489. The number of rotatable bonds is 11. The van der Waals surface area contributed by atoms with Crippen LogP contribution in [0.4, 0.5) is 0 Å². The molecular formula is C35H59N5O3. The van der Waals surface area contributed by atoms with E-state index in [1.807, 2.05) is 63.1 Å². The van der Waals surface area contributed by atoms with Crippen molar-refractivity contribution in [3.05, 3.63) is 35.9 Å². The van der Waals surface area contributed by atoms with E-state index >= 15 is 0 Å². The molecular weight excluding hydrogens is 538 g/mol. The summed E-state index contributed by atoms with van der Waals surface area (Å²) in [6.07, 6.45) is 6.37. The van der Waals surface area contributed by atoms with E-state index < -0.39 is 22.9 Å². The maximum Gasteiger partial charge on any atom is 0.245 e. The van der Waals surface area contributed by atoms with Gasteiger partial charge in [0.1, 0.15) is 6.04 Å². The van der Waals surface area contributed by atoms with Gasteiger partial charge >= 0.3 is 0 Å². The highest BCUT2D eigenvalue weighted by Gasteiger charge is 2.42. The highest BCUT2D eigenvalue weighted by atomic mass is 16.2. The van der Waals surface area contributed by atoms with Gasteiger partial charge in [-0.2, -0.15) is 0 Å². The number of carbonyl (C=O) groups is 3. The zero-order chi connectivity index (χ0) is 31.9. The van der Waals surface area contributed by atoms with Crippen molar-refractivity contribution in [1.29, 1.82) is 0 Å². The molecule has 1 aromatic carbocycles. The van der Waals surface area contributed by atoms with E-state index in [-0.39, 0.29) is 35.7 Å². The first-order chi connectivity index (χ1) is 20.2. The van der Waals surface area contributed by atoms with Crippen LogP contribution in [-0.4, -0.2) is 96.9 Å². The van der Waals surface area contributed by atoms with Crippen molar-refractivity contribution in [2.24, 2.45) is 11.3 Å². The van der Waals surface area contributed by atoms with E-state index in [9.17, 15) is 14.4 Å². The van der Waals surface area contributed by atoms with Crippen LogP contribution in [0.2, 0.25) is 0 Å². The van der Waals surface area contributed by atoms with Gasteiger partial charge in [0, 0.05) is 38.1 Å². The molecule has 2 N–H and O–H groups in total. The number of hydrogen-bond acceptors (Lipinski definition) is 5. The molecule has 1 aromatic rings. The Bertz CT molecular complexity index is 1060. The summed E-state index contributed by atoms with van der Waals surface area (Å²) in [7, 11) is 3.66. The fraction of sp³-hybridized carbons (Fsp3) is 0.743. The van der Waals surface area contributed by atoms with Crippen LogP contribution in [-0.2, 0) is 19.8 Å². The number of piperidine rings is 2. The third kappa shape index (κ3) is 8.59. The van der Waals surface area contributed by atoms with Crippen molar-refractivity contribution < 1.29 is 14.4 Å². The number of amides is 3. The van der Waals surface area contributed by atoms with E-state index in [1.54, 1.807) is 7.05 Å². The fourth-order valence-electron chi connectivity index (χ4n) is 6.93. The Labute approximate surface area is 261 Å². The van der Waals surface area contributed by atoms with Crippen molar-refractivity contribution >= 4 is 17.7 Å². The van der Waals surface area contributed by atoms with Crippen LogP contribution in [0.25, 0.3) is 0 Å². The largest absolute Gasteiger partial charge is 0.342 e. The molecule has 8 nitrogen and oxygen atoms in total. The molecule has 43 heavy (non-hydrogen) atoms. The van der Waals surface area contributed by atoms with Gasteiger partial charge in [-0.15, -0.1) is 0 Å². The number of benzene rings is 1. The minimum Gasteiger partial charge on any atom is -0.342 e. The van der Waals surface area contributed by atoms with E-state index in [0.29, 0.717) is 6.54 Å². The first kappa shape index (κ1) is 35.0. The van der Waals surface area contributed by atoms with Gasteiger partial charge in [0.25, 0.3) is 0 Å².